The fourth-order valence-corrected chi connectivity index (χ4v) is 2.19. The molecule has 3 nitrogen and oxygen atoms in total. The fourth-order valence-electron chi connectivity index (χ4n) is 2.19. The van der Waals surface area contributed by atoms with Crippen LogP contribution in [0.15, 0.2) is 24.3 Å². The highest BCUT2D eigenvalue weighted by atomic mass is 16.1. The van der Waals surface area contributed by atoms with Crippen LogP contribution in [0.5, 0.6) is 0 Å². The van der Waals surface area contributed by atoms with Gasteiger partial charge in [-0.25, -0.2) is 0 Å². The zero-order valence-electron chi connectivity index (χ0n) is 11.5. The molecule has 2 unspecified atom stereocenters. The molecule has 1 amide bonds. The molecule has 18 heavy (non-hydrogen) atoms. The average Bonchev–Trinajstić information content (AvgIpc) is 2.60. The summed E-state index contributed by atoms with van der Waals surface area (Å²) < 4.78 is 0. The lowest BCUT2D eigenvalue weighted by Crippen LogP contribution is -2.32. The first-order chi connectivity index (χ1) is 8.54. The molecule has 0 aromatic carbocycles. The van der Waals surface area contributed by atoms with Gasteiger partial charge in [0.1, 0.15) is 0 Å². The van der Waals surface area contributed by atoms with Crippen LogP contribution >= 0.6 is 0 Å². The minimum Gasteiger partial charge on any atom is -0.354 e. The Bertz CT molecular complexity index is 356. The molecule has 0 saturated carbocycles. The van der Waals surface area contributed by atoms with E-state index < -0.39 is 0 Å². The van der Waals surface area contributed by atoms with E-state index in [0.29, 0.717) is 6.42 Å². The van der Waals surface area contributed by atoms with Crippen molar-refractivity contribution in [2.24, 2.45) is 11.8 Å². The number of amides is 1. The molecule has 0 aliphatic heterocycles. The van der Waals surface area contributed by atoms with Crippen molar-refractivity contribution in [3.63, 3.8) is 0 Å². The van der Waals surface area contributed by atoms with E-state index in [0.717, 1.165) is 12.8 Å². The maximum absolute atomic E-state index is 11.7. The molecule has 3 heteroatoms. The van der Waals surface area contributed by atoms with Gasteiger partial charge in [-0.3, -0.25) is 9.59 Å². The fraction of sp³-hybridized carbons (Fsp3) is 0.600. The highest BCUT2D eigenvalue weighted by Crippen LogP contribution is 2.28. The van der Waals surface area contributed by atoms with Crippen molar-refractivity contribution in [3.8, 4) is 0 Å². The number of hydrogen-bond acceptors (Lipinski definition) is 2. The van der Waals surface area contributed by atoms with Gasteiger partial charge in [-0.2, -0.15) is 0 Å². The van der Waals surface area contributed by atoms with Gasteiger partial charge >= 0.3 is 0 Å². The van der Waals surface area contributed by atoms with Gasteiger partial charge in [0, 0.05) is 18.4 Å². The first kappa shape index (κ1) is 14.7. The highest BCUT2D eigenvalue weighted by molar-refractivity contribution is 5.95. The SMILES string of the molecule is CC/C=C\CC1C(=O)C=CC1CC(=O)NC(C)C. The summed E-state index contributed by atoms with van der Waals surface area (Å²) in [5.41, 5.74) is 0. The van der Waals surface area contributed by atoms with E-state index in [1.54, 1.807) is 6.08 Å². The Morgan fingerprint density at radius 3 is 2.78 bits per heavy atom. The second kappa shape index (κ2) is 7.14. The first-order valence-corrected chi connectivity index (χ1v) is 6.71. The maximum atomic E-state index is 11.7. The molecule has 100 valence electrons. The number of nitrogens with one attached hydrogen (secondary N) is 1. The molecule has 1 rings (SSSR count). The lowest BCUT2D eigenvalue weighted by atomic mass is 9.88. The van der Waals surface area contributed by atoms with Crippen molar-refractivity contribution in [1.82, 2.24) is 5.32 Å². The van der Waals surface area contributed by atoms with Crippen LogP contribution in [0.3, 0.4) is 0 Å². The van der Waals surface area contributed by atoms with Crippen LogP contribution in [0.25, 0.3) is 0 Å². The van der Waals surface area contributed by atoms with Gasteiger partial charge in [-0.05, 0) is 38.7 Å². The summed E-state index contributed by atoms with van der Waals surface area (Å²) in [7, 11) is 0. The van der Waals surface area contributed by atoms with Gasteiger partial charge in [0.15, 0.2) is 5.78 Å². The van der Waals surface area contributed by atoms with Gasteiger partial charge < -0.3 is 5.32 Å². The molecule has 0 aromatic heterocycles. The van der Waals surface area contributed by atoms with E-state index in [4.69, 9.17) is 0 Å². The Labute approximate surface area is 109 Å². The van der Waals surface area contributed by atoms with Crippen LogP contribution in [0, 0.1) is 11.8 Å². The molecule has 1 N–H and O–H groups in total. The Morgan fingerprint density at radius 2 is 2.17 bits per heavy atom. The summed E-state index contributed by atoms with van der Waals surface area (Å²) in [5.74, 6) is 0.181. The van der Waals surface area contributed by atoms with Crippen molar-refractivity contribution in [2.75, 3.05) is 0 Å². The second-order valence-electron chi connectivity index (χ2n) is 5.07. The van der Waals surface area contributed by atoms with Crippen LogP contribution in [-0.2, 0) is 9.59 Å². The largest absolute Gasteiger partial charge is 0.354 e. The summed E-state index contributed by atoms with van der Waals surface area (Å²) in [4.78, 5) is 23.4. The summed E-state index contributed by atoms with van der Waals surface area (Å²) in [5, 5.41) is 2.87. The Morgan fingerprint density at radius 1 is 1.44 bits per heavy atom. The predicted molar refractivity (Wildman–Crippen MR) is 73.1 cm³/mol. The zero-order valence-corrected chi connectivity index (χ0v) is 11.5. The molecule has 1 aliphatic rings. The van der Waals surface area contributed by atoms with Crippen LogP contribution in [-0.4, -0.2) is 17.7 Å². The Kier molecular flexibility index (Phi) is 5.83. The number of allylic oxidation sites excluding steroid dienone is 4. The minimum absolute atomic E-state index is 0.0267. The molecule has 0 radical (unpaired) electrons. The van der Waals surface area contributed by atoms with Crippen LogP contribution in [0.4, 0.5) is 0 Å². The Balaban J connectivity index is 2.52. The zero-order chi connectivity index (χ0) is 13.5. The van der Waals surface area contributed by atoms with Crippen LogP contribution in [0.1, 0.15) is 40.0 Å². The summed E-state index contributed by atoms with van der Waals surface area (Å²) >= 11 is 0. The van der Waals surface area contributed by atoms with E-state index in [1.165, 1.54) is 0 Å². The van der Waals surface area contributed by atoms with E-state index in [1.807, 2.05) is 26.0 Å². The standard InChI is InChI=1S/C15H23NO2/c1-4-5-6-7-13-12(8-9-14(13)17)10-15(18)16-11(2)3/h5-6,8-9,11-13H,4,7,10H2,1-3H3,(H,16,18)/b6-5-. The summed E-state index contributed by atoms with van der Waals surface area (Å²) in [6.07, 6.45) is 9.74. The van der Waals surface area contributed by atoms with E-state index in [9.17, 15) is 9.59 Å². The summed E-state index contributed by atoms with van der Waals surface area (Å²) in [6, 6.07) is 0.150. The van der Waals surface area contributed by atoms with Gasteiger partial charge in [-0.15, -0.1) is 0 Å². The van der Waals surface area contributed by atoms with E-state index in [-0.39, 0.29) is 29.6 Å². The normalized spacial score (nSPS) is 23.2. The van der Waals surface area contributed by atoms with Crippen LogP contribution < -0.4 is 5.32 Å². The lowest BCUT2D eigenvalue weighted by molar-refractivity contribution is -0.123. The van der Waals surface area contributed by atoms with Gasteiger partial charge in [0.05, 0.1) is 0 Å². The van der Waals surface area contributed by atoms with Crippen molar-refractivity contribution >= 4 is 11.7 Å². The Hall–Kier alpha value is -1.38. The third-order valence-electron chi connectivity index (χ3n) is 3.05. The highest BCUT2D eigenvalue weighted by Gasteiger charge is 2.30. The molecule has 1 aliphatic carbocycles. The lowest BCUT2D eigenvalue weighted by Gasteiger charge is -2.17. The molecule has 0 aromatic rings. The molecular formula is C15H23NO2. The number of carbonyl (C=O) groups excluding carboxylic acids is 2. The molecule has 0 fully saturated rings. The third-order valence-corrected chi connectivity index (χ3v) is 3.05. The third kappa shape index (κ3) is 4.47. The molecular weight excluding hydrogens is 226 g/mol. The van der Waals surface area contributed by atoms with E-state index in [2.05, 4.69) is 18.3 Å². The smallest absolute Gasteiger partial charge is 0.220 e. The van der Waals surface area contributed by atoms with Crippen molar-refractivity contribution < 1.29 is 9.59 Å². The first-order valence-electron chi connectivity index (χ1n) is 6.71. The molecule has 0 spiro atoms. The predicted octanol–water partition coefficient (Wildman–Crippen LogP) is 2.63. The van der Waals surface area contributed by atoms with Crippen molar-refractivity contribution in [1.29, 1.82) is 0 Å². The van der Waals surface area contributed by atoms with E-state index >= 15 is 0 Å². The number of hydrogen-bond donors (Lipinski definition) is 1. The maximum Gasteiger partial charge on any atom is 0.220 e. The monoisotopic (exact) mass is 249 g/mol. The molecule has 0 heterocycles. The molecule has 0 saturated heterocycles. The summed E-state index contributed by atoms with van der Waals surface area (Å²) in [6.45, 7) is 5.95. The topological polar surface area (TPSA) is 46.2 Å². The number of carbonyl (C=O) groups is 2. The quantitative estimate of drug-likeness (QED) is 0.735. The number of ketones is 1. The van der Waals surface area contributed by atoms with Crippen molar-refractivity contribution in [3.05, 3.63) is 24.3 Å². The second-order valence-corrected chi connectivity index (χ2v) is 5.07. The van der Waals surface area contributed by atoms with Gasteiger partial charge in [-0.1, -0.05) is 25.2 Å². The van der Waals surface area contributed by atoms with Gasteiger partial charge in [0.25, 0.3) is 0 Å². The number of rotatable bonds is 6. The molecule has 0 bridgehead atoms. The average molecular weight is 249 g/mol. The minimum atomic E-state index is -0.0503. The van der Waals surface area contributed by atoms with Crippen molar-refractivity contribution in [2.45, 2.75) is 46.1 Å². The van der Waals surface area contributed by atoms with Crippen LogP contribution in [0.2, 0.25) is 0 Å². The molecule has 2 atom stereocenters. The van der Waals surface area contributed by atoms with Gasteiger partial charge in [0.2, 0.25) is 5.91 Å².